The first-order valence-electron chi connectivity index (χ1n) is 6.31. The number of hydrogen-bond acceptors (Lipinski definition) is 6. The number of thiol groups is 1. The molecule has 0 bridgehead atoms. The fourth-order valence-electron chi connectivity index (χ4n) is 1.92. The zero-order chi connectivity index (χ0) is 14.9. The molecule has 1 aliphatic rings. The first-order chi connectivity index (χ1) is 9.38. The van der Waals surface area contributed by atoms with Crippen LogP contribution in [0.15, 0.2) is 28.2 Å². The van der Waals surface area contributed by atoms with E-state index in [0.717, 1.165) is 16.1 Å². The van der Waals surface area contributed by atoms with E-state index in [1.54, 1.807) is 4.31 Å². The molecule has 5 nitrogen and oxygen atoms in total. The highest BCUT2D eigenvalue weighted by molar-refractivity contribution is 7.78. The monoisotopic (exact) mass is 311 g/mol. The number of nitrogens with two attached hydrogens (primary N) is 1. The minimum Gasteiger partial charge on any atom is -0.368 e. The molecule has 2 atom stereocenters. The summed E-state index contributed by atoms with van der Waals surface area (Å²) in [7, 11) is 0. The molecule has 0 fully saturated rings. The SMILES string of the molecule is Cc1cc(C(C)NC2=NC(N)=NC(C)N2S)ccc1Cl. The molecule has 1 aromatic carbocycles. The van der Waals surface area contributed by atoms with Crippen molar-refractivity contribution in [1.82, 2.24) is 9.62 Å². The molecular weight excluding hydrogens is 294 g/mol. The third kappa shape index (κ3) is 3.19. The van der Waals surface area contributed by atoms with Gasteiger partial charge in [-0.05, 0) is 38.0 Å². The lowest BCUT2D eigenvalue weighted by Crippen LogP contribution is -2.45. The summed E-state index contributed by atoms with van der Waals surface area (Å²) in [5, 5.41) is 4.05. The summed E-state index contributed by atoms with van der Waals surface area (Å²) in [4.78, 5) is 8.29. The quantitative estimate of drug-likeness (QED) is 0.735. The van der Waals surface area contributed by atoms with Crippen LogP contribution in [0.25, 0.3) is 0 Å². The maximum Gasteiger partial charge on any atom is 0.220 e. The van der Waals surface area contributed by atoms with E-state index in [9.17, 15) is 0 Å². The van der Waals surface area contributed by atoms with Gasteiger partial charge in [-0.1, -0.05) is 36.5 Å². The van der Waals surface area contributed by atoms with Gasteiger partial charge in [0.2, 0.25) is 11.9 Å². The Morgan fingerprint density at radius 3 is 2.85 bits per heavy atom. The highest BCUT2D eigenvalue weighted by atomic mass is 35.5. The molecule has 2 rings (SSSR count). The van der Waals surface area contributed by atoms with E-state index in [1.165, 1.54) is 0 Å². The Kier molecular flexibility index (Phi) is 4.45. The second-order valence-electron chi connectivity index (χ2n) is 4.77. The molecule has 20 heavy (non-hydrogen) atoms. The van der Waals surface area contributed by atoms with Crippen molar-refractivity contribution >= 4 is 36.3 Å². The molecule has 0 saturated heterocycles. The van der Waals surface area contributed by atoms with Crippen LogP contribution >= 0.6 is 24.4 Å². The van der Waals surface area contributed by atoms with E-state index in [4.69, 9.17) is 17.3 Å². The summed E-state index contributed by atoms with van der Waals surface area (Å²) in [6, 6.07) is 5.98. The van der Waals surface area contributed by atoms with Crippen LogP contribution in [0.3, 0.4) is 0 Å². The average molecular weight is 312 g/mol. The number of benzene rings is 1. The summed E-state index contributed by atoms with van der Waals surface area (Å²) in [5.41, 5.74) is 7.84. The molecule has 108 valence electrons. The van der Waals surface area contributed by atoms with Gasteiger partial charge in [-0.25, -0.2) is 4.99 Å². The third-order valence-electron chi connectivity index (χ3n) is 3.14. The van der Waals surface area contributed by atoms with E-state index in [2.05, 4.69) is 28.1 Å². The topological polar surface area (TPSA) is 66.0 Å². The smallest absolute Gasteiger partial charge is 0.220 e. The molecule has 2 unspecified atom stereocenters. The van der Waals surface area contributed by atoms with Crippen molar-refractivity contribution < 1.29 is 0 Å². The number of aliphatic imine (C=N–C) groups is 2. The summed E-state index contributed by atoms with van der Waals surface area (Å²) in [6.07, 6.45) is -0.155. The van der Waals surface area contributed by atoms with Gasteiger partial charge in [-0.2, -0.15) is 4.99 Å². The number of guanidine groups is 2. The molecule has 1 aliphatic heterocycles. The van der Waals surface area contributed by atoms with E-state index < -0.39 is 0 Å². The Morgan fingerprint density at radius 2 is 2.20 bits per heavy atom. The van der Waals surface area contributed by atoms with Gasteiger partial charge in [-0.15, -0.1) is 0 Å². The van der Waals surface area contributed by atoms with Crippen LogP contribution in [0.1, 0.15) is 31.0 Å². The second kappa shape index (κ2) is 5.93. The lowest BCUT2D eigenvalue weighted by molar-refractivity contribution is 0.496. The molecule has 0 saturated carbocycles. The first kappa shape index (κ1) is 15.0. The normalized spacial score (nSPS) is 20.2. The molecule has 0 amide bonds. The van der Waals surface area contributed by atoms with Crippen molar-refractivity contribution in [3.8, 4) is 0 Å². The van der Waals surface area contributed by atoms with Crippen molar-refractivity contribution in [1.29, 1.82) is 0 Å². The molecule has 0 radical (unpaired) electrons. The molecule has 0 aliphatic carbocycles. The number of hydrogen-bond donors (Lipinski definition) is 3. The lowest BCUT2D eigenvalue weighted by Gasteiger charge is -2.29. The Morgan fingerprint density at radius 1 is 1.50 bits per heavy atom. The van der Waals surface area contributed by atoms with Crippen LogP contribution in [0, 0.1) is 6.92 Å². The Bertz CT molecular complexity index is 572. The molecule has 3 N–H and O–H groups in total. The van der Waals surface area contributed by atoms with E-state index >= 15 is 0 Å². The molecule has 7 heteroatoms. The van der Waals surface area contributed by atoms with Gasteiger partial charge in [0.15, 0.2) is 0 Å². The van der Waals surface area contributed by atoms with Crippen LogP contribution in [0.2, 0.25) is 5.02 Å². The number of nitrogens with one attached hydrogen (secondary N) is 1. The van der Waals surface area contributed by atoms with Crippen LogP contribution in [-0.2, 0) is 0 Å². The average Bonchev–Trinajstić information content (AvgIpc) is 2.38. The molecule has 0 spiro atoms. The standard InChI is InChI=1S/C13H18ClN5S/c1-7-6-10(4-5-11(7)14)8(2)16-13-18-12(15)17-9(3)19(13)20/h4-6,8-9,20H,1-3H3,(H3,15,16,17,18). The summed E-state index contributed by atoms with van der Waals surface area (Å²) >= 11 is 10.4. The van der Waals surface area contributed by atoms with E-state index in [0.29, 0.717) is 5.96 Å². The minimum atomic E-state index is -0.155. The van der Waals surface area contributed by atoms with Crippen molar-refractivity contribution in [2.75, 3.05) is 0 Å². The summed E-state index contributed by atoms with van der Waals surface area (Å²) < 4.78 is 1.65. The Hall–Kier alpha value is -1.40. The van der Waals surface area contributed by atoms with Crippen LogP contribution < -0.4 is 11.1 Å². The van der Waals surface area contributed by atoms with Crippen LogP contribution in [-0.4, -0.2) is 22.4 Å². The lowest BCUT2D eigenvalue weighted by atomic mass is 10.1. The summed E-state index contributed by atoms with van der Waals surface area (Å²) in [6.45, 7) is 5.92. The largest absolute Gasteiger partial charge is 0.368 e. The van der Waals surface area contributed by atoms with Gasteiger partial charge in [0.1, 0.15) is 6.17 Å². The van der Waals surface area contributed by atoms with Gasteiger partial charge in [0.25, 0.3) is 0 Å². The van der Waals surface area contributed by atoms with Crippen molar-refractivity contribution in [3.05, 3.63) is 34.3 Å². The molecular formula is C13H18ClN5S. The highest BCUT2D eigenvalue weighted by Crippen LogP contribution is 2.21. The van der Waals surface area contributed by atoms with Gasteiger partial charge < -0.3 is 11.1 Å². The highest BCUT2D eigenvalue weighted by Gasteiger charge is 2.21. The maximum atomic E-state index is 6.04. The fraction of sp³-hybridized carbons (Fsp3) is 0.385. The van der Waals surface area contributed by atoms with E-state index in [-0.39, 0.29) is 18.2 Å². The van der Waals surface area contributed by atoms with E-state index in [1.807, 2.05) is 39.0 Å². The zero-order valence-corrected chi connectivity index (χ0v) is 13.3. The van der Waals surface area contributed by atoms with Gasteiger partial charge in [-0.3, -0.25) is 4.31 Å². The van der Waals surface area contributed by atoms with Gasteiger partial charge in [0.05, 0.1) is 6.04 Å². The van der Waals surface area contributed by atoms with Crippen LogP contribution in [0.5, 0.6) is 0 Å². The number of rotatable bonds is 2. The zero-order valence-electron chi connectivity index (χ0n) is 11.6. The fourth-order valence-corrected chi connectivity index (χ4v) is 2.20. The Balaban J connectivity index is 2.17. The maximum absolute atomic E-state index is 6.04. The molecule has 0 aromatic heterocycles. The predicted molar refractivity (Wildman–Crippen MR) is 87.1 cm³/mol. The Labute approximate surface area is 129 Å². The number of aryl methyl sites for hydroxylation is 1. The van der Waals surface area contributed by atoms with Crippen molar-refractivity contribution in [3.63, 3.8) is 0 Å². The number of halogens is 1. The molecule has 1 aromatic rings. The number of nitrogens with zero attached hydrogens (tertiary/aromatic N) is 3. The first-order valence-corrected chi connectivity index (χ1v) is 7.09. The minimum absolute atomic E-state index is 0.0532. The second-order valence-corrected chi connectivity index (χ2v) is 5.61. The van der Waals surface area contributed by atoms with Gasteiger partial charge >= 0.3 is 0 Å². The van der Waals surface area contributed by atoms with Crippen LogP contribution in [0.4, 0.5) is 0 Å². The molecule has 1 heterocycles. The van der Waals surface area contributed by atoms with Crippen molar-refractivity contribution in [2.45, 2.75) is 33.0 Å². The van der Waals surface area contributed by atoms with Crippen molar-refractivity contribution in [2.24, 2.45) is 15.7 Å². The van der Waals surface area contributed by atoms with Gasteiger partial charge in [0, 0.05) is 5.02 Å². The third-order valence-corrected chi connectivity index (χ3v) is 4.09. The predicted octanol–water partition coefficient (Wildman–Crippen LogP) is 2.48. The summed E-state index contributed by atoms with van der Waals surface area (Å²) in [5.74, 6) is 0.846.